The summed E-state index contributed by atoms with van der Waals surface area (Å²) in [7, 11) is 1.62. The van der Waals surface area contributed by atoms with Crippen LogP contribution >= 0.6 is 18.3 Å². The third-order valence-electron chi connectivity index (χ3n) is 1.86. The van der Waals surface area contributed by atoms with Gasteiger partial charge >= 0.3 is 0 Å². The Morgan fingerprint density at radius 1 is 1.33 bits per heavy atom. The molecule has 0 saturated carbocycles. The Balaban J connectivity index is 2.73. The van der Waals surface area contributed by atoms with Crippen LogP contribution in [-0.2, 0) is 20.9 Å². The van der Waals surface area contributed by atoms with Crippen molar-refractivity contribution in [3.05, 3.63) is 30.3 Å². The van der Waals surface area contributed by atoms with E-state index >= 15 is 0 Å². The zero-order chi connectivity index (χ0) is 11.1. The fourth-order valence-electron chi connectivity index (χ4n) is 1.08. The fourth-order valence-corrected chi connectivity index (χ4v) is 3.38. The van der Waals surface area contributed by atoms with Crippen LogP contribution in [0.3, 0.4) is 0 Å². The molecule has 0 aliphatic heterocycles. The Kier molecular flexibility index (Phi) is 5.87. The first-order valence-electron chi connectivity index (χ1n) is 4.58. The van der Waals surface area contributed by atoms with Gasteiger partial charge in [-0.15, -0.1) is 0 Å². The van der Waals surface area contributed by atoms with Crippen LogP contribution in [0, 0.1) is 0 Å². The van der Waals surface area contributed by atoms with Crippen molar-refractivity contribution in [3.63, 3.8) is 0 Å². The zero-order valence-corrected chi connectivity index (χ0v) is 11.4. The molecule has 0 amide bonds. The molecule has 0 N–H and O–H groups in total. The number of hydrogen-bond acceptors (Lipinski definition) is 4. The second-order valence-electron chi connectivity index (χ2n) is 2.84. The third kappa shape index (κ3) is 3.89. The van der Waals surface area contributed by atoms with Gasteiger partial charge in [0.25, 0.3) is 0 Å². The topological polar surface area (TPSA) is 18.5 Å². The summed E-state index contributed by atoms with van der Waals surface area (Å²) in [5, 5.41) is 0.976. The van der Waals surface area contributed by atoms with Crippen LogP contribution in [0.5, 0.6) is 0 Å². The minimum Gasteiger partial charge on any atom is -0.329 e. The molecule has 0 fully saturated rings. The predicted octanol–water partition coefficient (Wildman–Crippen LogP) is 2.65. The van der Waals surface area contributed by atoms with E-state index in [1.807, 2.05) is 36.6 Å². The first-order chi connectivity index (χ1) is 7.23. The molecule has 84 valence electrons. The summed E-state index contributed by atoms with van der Waals surface area (Å²) >= 11 is 7.18. The Labute approximate surface area is 101 Å². The molecule has 0 heterocycles. The lowest BCUT2D eigenvalue weighted by Gasteiger charge is -2.20. The lowest BCUT2D eigenvalue weighted by atomic mass is 10.4. The molecule has 1 unspecified atom stereocenters. The van der Waals surface area contributed by atoms with Crippen LogP contribution in [0.2, 0.25) is 0 Å². The molecular weight excluding hydrogens is 247 g/mol. The quantitative estimate of drug-likeness (QED) is 0.579. The number of benzene rings is 1. The minimum absolute atomic E-state index is 0.640. The molecule has 1 rings (SSSR count). The van der Waals surface area contributed by atoms with E-state index in [1.54, 1.807) is 18.9 Å². The summed E-state index contributed by atoms with van der Waals surface area (Å²) in [6.07, 6.45) is 2.04. The van der Waals surface area contributed by atoms with Crippen molar-refractivity contribution in [3.8, 4) is 0 Å². The lowest BCUT2D eigenvalue weighted by Crippen LogP contribution is -2.09. The zero-order valence-electron chi connectivity index (χ0n) is 8.88. The smallest absolute Gasteiger partial charge is 0.219 e. The number of rotatable bonds is 6. The maximum absolute atomic E-state index is 5.69. The third-order valence-corrected chi connectivity index (χ3v) is 5.77. The van der Waals surface area contributed by atoms with Gasteiger partial charge < -0.3 is 9.05 Å². The predicted molar refractivity (Wildman–Crippen MR) is 71.7 cm³/mol. The molecule has 0 aliphatic rings. The van der Waals surface area contributed by atoms with Crippen LogP contribution < -0.4 is 5.30 Å². The van der Waals surface area contributed by atoms with Crippen LogP contribution in [-0.4, -0.2) is 25.7 Å². The van der Waals surface area contributed by atoms with Gasteiger partial charge in [0.1, 0.15) is 0 Å². The van der Waals surface area contributed by atoms with Gasteiger partial charge in [-0.3, -0.25) is 0 Å². The Hall–Kier alpha value is 0.140. The molecule has 0 bridgehead atoms. The van der Waals surface area contributed by atoms with Crippen LogP contribution in [0.25, 0.3) is 0 Å². The molecule has 1 aromatic rings. The van der Waals surface area contributed by atoms with E-state index in [1.165, 1.54) is 0 Å². The standard InChI is InChI=1S/C10H15O2PS2/c1-11-13(14,12-8-9-15-2)10-6-4-3-5-7-10/h3-7H,8-9H2,1-2H3. The largest absolute Gasteiger partial charge is 0.329 e. The maximum Gasteiger partial charge on any atom is 0.219 e. The summed E-state index contributed by atoms with van der Waals surface area (Å²) in [6, 6.07) is 9.79. The number of hydrogen-bond donors (Lipinski definition) is 0. The molecule has 2 nitrogen and oxygen atoms in total. The van der Waals surface area contributed by atoms with Gasteiger partial charge in [-0.25, -0.2) is 0 Å². The molecule has 15 heavy (non-hydrogen) atoms. The van der Waals surface area contributed by atoms with E-state index in [2.05, 4.69) is 0 Å². The molecular formula is C10H15O2PS2. The van der Waals surface area contributed by atoms with E-state index in [0.29, 0.717) is 6.61 Å². The van der Waals surface area contributed by atoms with Gasteiger partial charge in [-0.05, 0) is 30.2 Å². The highest BCUT2D eigenvalue weighted by Gasteiger charge is 2.19. The van der Waals surface area contributed by atoms with E-state index < -0.39 is 6.49 Å². The second-order valence-corrected chi connectivity index (χ2v) is 7.40. The van der Waals surface area contributed by atoms with Crippen molar-refractivity contribution in [2.45, 2.75) is 0 Å². The summed E-state index contributed by atoms with van der Waals surface area (Å²) in [6.45, 7) is -1.62. The monoisotopic (exact) mass is 262 g/mol. The van der Waals surface area contributed by atoms with Crippen molar-refractivity contribution >= 4 is 35.4 Å². The van der Waals surface area contributed by atoms with E-state index in [0.717, 1.165) is 11.1 Å². The van der Waals surface area contributed by atoms with Crippen molar-refractivity contribution < 1.29 is 9.05 Å². The van der Waals surface area contributed by atoms with Gasteiger partial charge in [-0.1, -0.05) is 18.2 Å². The molecule has 5 heteroatoms. The highest BCUT2D eigenvalue weighted by atomic mass is 32.5. The van der Waals surface area contributed by atoms with Gasteiger partial charge in [0.2, 0.25) is 6.49 Å². The van der Waals surface area contributed by atoms with Crippen molar-refractivity contribution in [1.82, 2.24) is 0 Å². The molecule has 0 aliphatic carbocycles. The normalized spacial score (nSPS) is 14.8. The Morgan fingerprint density at radius 2 is 2.00 bits per heavy atom. The van der Waals surface area contributed by atoms with Crippen molar-refractivity contribution in [2.75, 3.05) is 25.7 Å². The average molecular weight is 262 g/mol. The molecule has 0 radical (unpaired) electrons. The highest BCUT2D eigenvalue weighted by Crippen LogP contribution is 2.46. The van der Waals surface area contributed by atoms with Gasteiger partial charge in [-0.2, -0.15) is 11.8 Å². The van der Waals surface area contributed by atoms with Crippen LogP contribution in [0.4, 0.5) is 0 Å². The molecule has 1 aromatic carbocycles. The van der Waals surface area contributed by atoms with Gasteiger partial charge in [0, 0.05) is 18.2 Å². The van der Waals surface area contributed by atoms with E-state index in [4.69, 9.17) is 20.9 Å². The molecule has 0 saturated heterocycles. The minimum atomic E-state index is -2.26. The average Bonchev–Trinajstić information content (AvgIpc) is 2.30. The van der Waals surface area contributed by atoms with E-state index in [-0.39, 0.29) is 0 Å². The first kappa shape index (κ1) is 13.2. The summed E-state index contributed by atoms with van der Waals surface area (Å²) in [5.74, 6) is 0.939. The van der Waals surface area contributed by atoms with Gasteiger partial charge in [0.05, 0.1) is 6.61 Å². The van der Waals surface area contributed by atoms with Gasteiger partial charge in [0.15, 0.2) is 0 Å². The molecule has 0 spiro atoms. The lowest BCUT2D eigenvalue weighted by molar-refractivity contribution is 0.306. The second kappa shape index (κ2) is 6.66. The van der Waals surface area contributed by atoms with Crippen molar-refractivity contribution in [2.24, 2.45) is 0 Å². The van der Waals surface area contributed by atoms with Crippen LogP contribution in [0.15, 0.2) is 30.3 Å². The SMILES string of the molecule is COP(=S)(OCCSC)c1ccccc1. The van der Waals surface area contributed by atoms with Crippen molar-refractivity contribution in [1.29, 1.82) is 0 Å². The summed E-state index contributed by atoms with van der Waals surface area (Å²) in [5.41, 5.74) is 0. The number of thioether (sulfide) groups is 1. The fraction of sp³-hybridized carbons (Fsp3) is 0.400. The van der Waals surface area contributed by atoms with E-state index in [9.17, 15) is 0 Å². The summed E-state index contributed by atoms with van der Waals surface area (Å²) in [4.78, 5) is 0. The first-order valence-corrected chi connectivity index (χ1v) is 8.61. The Morgan fingerprint density at radius 3 is 2.53 bits per heavy atom. The van der Waals surface area contributed by atoms with Crippen LogP contribution in [0.1, 0.15) is 0 Å². The summed E-state index contributed by atoms with van der Waals surface area (Å²) < 4.78 is 11.1. The molecule has 1 atom stereocenters. The maximum atomic E-state index is 5.69. The highest BCUT2D eigenvalue weighted by molar-refractivity contribution is 8.13. The Bertz CT molecular complexity index is 329. The molecule has 0 aromatic heterocycles.